The van der Waals surface area contributed by atoms with Crippen LogP contribution < -0.4 is 10.5 Å². The van der Waals surface area contributed by atoms with Crippen LogP contribution in [0.5, 0.6) is 5.75 Å². The molecule has 2 rings (SSSR count). The van der Waals surface area contributed by atoms with E-state index in [9.17, 15) is 14.4 Å². The van der Waals surface area contributed by atoms with Crippen LogP contribution in [0, 0.1) is 5.41 Å². The summed E-state index contributed by atoms with van der Waals surface area (Å²) in [5, 5.41) is 16.0. The molecule has 0 radical (unpaired) electrons. The van der Waals surface area contributed by atoms with Crippen LogP contribution >= 0.6 is 0 Å². The monoisotopic (exact) mass is 348 g/mol. The Morgan fingerprint density at radius 1 is 1.16 bits per heavy atom. The van der Waals surface area contributed by atoms with Gasteiger partial charge in [-0.2, -0.15) is 0 Å². The molecule has 0 saturated carbocycles. The van der Waals surface area contributed by atoms with Crippen LogP contribution in [0.25, 0.3) is 0 Å². The Hall–Kier alpha value is -3.10. The summed E-state index contributed by atoms with van der Waals surface area (Å²) in [5.41, 5.74) is 5.98. The first kappa shape index (κ1) is 18.2. The summed E-state index contributed by atoms with van der Waals surface area (Å²) in [6.07, 6.45) is 0.534. The first-order valence-electron chi connectivity index (χ1n) is 7.75. The highest BCUT2D eigenvalue weighted by Gasteiger charge is 2.32. The largest absolute Gasteiger partial charge is 0.494 e. The normalized spacial score (nSPS) is 14.6. The predicted molar refractivity (Wildman–Crippen MR) is 88.4 cm³/mol. The Balaban J connectivity index is 1.75. The molecular weight excluding hydrogens is 328 g/mol. The van der Waals surface area contributed by atoms with Crippen LogP contribution in [-0.2, 0) is 14.4 Å². The Bertz CT molecular complexity index is 674. The minimum absolute atomic E-state index is 0.0169. The highest BCUT2D eigenvalue weighted by molar-refractivity contribution is 6.35. The van der Waals surface area contributed by atoms with Gasteiger partial charge >= 0.3 is 17.8 Å². The number of nitrogens with two attached hydrogens (primary N) is 1. The number of nitrogen functional groups attached to an aromatic ring is 1. The van der Waals surface area contributed by atoms with Crippen molar-refractivity contribution in [1.29, 1.82) is 5.41 Å². The molecule has 1 aliphatic rings. The van der Waals surface area contributed by atoms with Gasteiger partial charge in [-0.3, -0.25) is 19.8 Å². The molecule has 4 N–H and O–H groups in total. The van der Waals surface area contributed by atoms with Crippen molar-refractivity contribution in [3.63, 3.8) is 0 Å². The van der Waals surface area contributed by atoms with Crippen molar-refractivity contribution in [3.05, 3.63) is 29.8 Å². The van der Waals surface area contributed by atoms with Gasteiger partial charge in [0, 0.05) is 25.2 Å². The second kappa shape index (κ2) is 8.13. The lowest BCUT2D eigenvalue weighted by atomic mass is 10.2. The molecule has 1 fully saturated rings. The van der Waals surface area contributed by atoms with Gasteiger partial charge in [0.25, 0.3) is 0 Å². The highest BCUT2D eigenvalue weighted by Crippen LogP contribution is 2.12. The molecule has 0 atom stereocenters. The molecule has 1 heterocycles. The zero-order valence-electron chi connectivity index (χ0n) is 13.6. The van der Waals surface area contributed by atoms with Crippen LogP contribution in [0.15, 0.2) is 24.3 Å². The molecule has 1 aliphatic heterocycles. The highest BCUT2D eigenvalue weighted by atomic mass is 16.5. The number of ether oxygens (including phenoxy) is 1. The average Bonchev–Trinajstić information content (AvgIpc) is 2.57. The van der Waals surface area contributed by atoms with Crippen LogP contribution in [-0.4, -0.2) is 71.3 Å². The second-order valence-corrected chi connectivity index (χ2v) is 5.55. The van der Waals surface area contributed by atoms with Crippen molar-refractivity contribution in [2.24, 2.45) is 5.73 Å². The number of amidine groups is 1. The van der Waals surface area contributed by atoms with E-state index in [0.29, 0.717) is 37.4 Å². The molecule has 0 aliphatic carbocycles. The molecule has 0 aromatic heterocycles. The van der Waals surface area contributed by atoms with E-state index in [1.165, 1.54) is 4.90 Å². The third kappa shape index (κ3) is 4.93. The number of hydrogen-bond acceptors (Lipinski definition) is 5. The van der Waals surface area contributed by atoms with Gasteiger partial charge in [-0.25, -0.2) is 0 Å². The van der Waals surface area contributed by atoms with Crippen molar-refractivity contribution in [2.45, 2.75) is 6.42 Å². The van der Waals surface area contributed by atoms with Gasteiger partial charge in [0.05, 0.1) is 6.61 Å². The van der Waals surface area contributed by atoms with E-state index in [1.54, 1.807) is 24.3 Å². The van der Waals surface area contributed by atoms with Gasteiger partial charge in [0.2, 0.25) is 0 Å². The standard InChI is InChI=1S/C16H20N4O5/c17-14(18)11-2-4-12(5-3-11)25-9-1-6-19-7-8-20(10-13(21)22)16(24)15(19)23/h2-5H,1,6-10H2,(H3,17,18)(H,21,22). The lowest BCUT2D eigenvalue weighted by molar-refractivity contribution is -0.158. The maximum absolute atomic E-state index is 12.0. The van der Waals surface area contributed by atoms with Crippen LogP contribution in [0.3, 0.4) is 0 Å². The van der Waals surface area contributed by atoms with Gasteiger partial charge in [-0.1, -0.05) is 0 Å². The van der Waals surface area contributed by atoms with Crippen molar-refractivity contribution in [2.75, 3.05) is 32.8 Å². The number of aliphatic carboxylic acids is 1. The van der Waals surface area contributed by atoms with Crippen LogP contribution in [0.1, 0.15) is 12.0 Å². The molecule has 1 aromatic rings. The summed E-state index contributed by atoms with van der Waals surface area (Å²) >= 11 is 0. The lowest BCUT2D eigenvalue weighted by Crippen LogP contribution is -2.55. The summed E-state index contributed by atoms with van der Waals surface area (Å²) in [6, 6.07) is 6.77. The fraction of sp³-hybridized carbons (Fsp3) is 0.375. The Morgan fingerprint density at radius 2 is 1.76 bits per heavy atom. The zero-order valence-corrected chi connectivity index (χ0v) is 13.6. The number of piperazine rings is 1. The number of hydrogen-bond donors (Lipinski definition) is 3. The van der Waals surface area contributed by atoms with E-state index in [2.05, 4.69) is 0 Å². The van der Waals surface area contributed by atoms with E-state index >= 15 is 0 Å². The summed E-state index contributed by atoms with van der Waals surface area (Å²) in [4.78, 5) is 36.9. The maximum atomic E-state index is 12.0. The zero-order chi connectivity index (χ0) is 18.4. The Labute approximate surface area is 144 Å². The van der Waals surface area contributed by atoms with Gasteiger partial charge < -0.3 is 25.4 Å². The number of carboxylic acid groups (broad SMARTS) is 1. The SMILES string of the molecule is N=C(N)c1ccc(OCCCN2CCN(CC(=O)O)C(=O)C2=O)cc1. The van der Waals surface area contributed by atoms with Gasteiger partial charge in [-0.05, 0) is 30.7 Å². The molecule has 0 unspecified atom stereocenters. The smallest absolute Gasteiger partial charge is 0.323 e. The Kier molecular flexibility index (Phi) is 5.93. The minimum Gasteiger partial charge on any atom is -0.494 e. The van der Waals surface area contributed by atoms with E-state index in [1.807, 2.05) is 0 Å². The summed E-state index contributed by atoms with van der Waals surface area (Å²) in [6.45, 7) is 0.778. The molecule has 134 valence electrons. The number of carbonyl (C=O) groups excluding carboxylic acids is 2. The van der Waals surface area contributed by atoms with Crippen LogP contribution in [0.4, 0.5) is 0 Å². The van der Waals surface area contributed by atoms with Crippen molar-refractivity contribution >= 4 is 23.6 Å². The van der Waals surface area contributed by atoms with Crippen molar-refractivity contribution in [1.82, 2.24) is 9.80 Å². The van der Waals surface area contributed by atoms with Gasteiger partial charge in [0.15, 0.2) is 0 Å². The summed E-state index contributed by atoms with van der Waals surface area (Å²) < 4.78 is 5.55. The van der Waals surface area contributed by atoms with Crippen molar-refractivity contribution < 1.29 is 24.2 Å². The number of nitrogens with one attached hydrogen (secondary N) is 1. The number of carboxylic acids is 1. The lowest BCUT2D eigenvalue weighted by Gasteiger charge is -2.32. The van der Waals surface area contributed by atoms with E-state index < -0.39 is 24.3 Å². The Morgan fingerprint density at radius 3 is 2.36 bits per heavy atom. The molecule has 0 bridgehead atoms. The fourth-order valence-electron chi connectivity index (χ4n) is 2.42. The number of benzene rings is 1. The number of rotatable bonds is 8. The maximum Gasteiger partial charge on any atom is 0.323 e. The van der Waals surface area contributed by atoms with Gasteiger partial charge in [-0.15, -0.1) is 0 Å². The van der Waals surface area contributed by atoms with E-state index in [-0.39, 0.29) is 12.4 Å². The molecule has 2 amide bonds. The minimum atomic E-state index is -1.14. The molecule has 9 heteroatoms. The topological polar surface area (TPSA) is 137 Å². The second-order valence-electron chi connectivity index (χ2n) is 5.55. The first-order valence-corrected chi connectivity index (χ1v) is 7.75. The molecule has 25 heavy (non-hydrogen) atoms. The fourth-order valence-corrected chi connectivity index (χ4v) is 2.42. The van der Waals surface area contributed by atoms with E-state index in [0.717, 1.165) is 4.90 Å². The third-order valence-electron chi connectivity index (χ3n) is 3.73. The molecular formula is C16H20N4O5. The number of carbonyl (C=O) groups is 3. The van der Waals surface area contributed by atoms with Gasteiger partial charge in [0.1, 0.15) is 18.1 Å². The quantitative estimate of drug-likeness (QED) is 0.251. The summed E-state index contributed by atoms with van der Waals surface area (Å²) in [5.74, 6) is -2.00. The molecule has 1 saturated heterocycles. The number of amides is 2. The third-order valence-corrected chi connectivity index (χ3v) is 3.73. The first-order chi connectivity index (χ1) is 11.9. The predicted octanol–water partition coefficient (Wildman–Crippen LogP) is -0.505. The molecule has 9 nitrogen and oxygen atoms in total. The molecule has 1 aromatic carbocycles. The average molecular weight is 348 g/mol. The molecule has 0 spiro atoms. The number of nitrogens with zero attached hydrogens (tertiary/aromatic N) is 2. The van der Waals surface area contributed by atoms with Crippen molar-refractivity contribution in [3.8, 4) is 5.75 Å². The summed E-state index contributed by atoms with van der Waals surface area (Å²) in [7, 11) is 0. The van der Waals surface area contributed by atoms with E-state index in [4.69, 9.17) is 21.0 Å². The van der Waals surface area contributed by atoms with Crippen LogP contribution in [0.2, 0.25) is 0 Å².